The van der Waals surface area contributed by atoms with Gasteiger partial charge in [-0.15, -0.1) is 0 Å². The Bertz CT molecular complexity index is 2690. The molecule has 0 saturated heterocycles. The summed E-state index contributed by atoms with van der Waals surface area (Å²) in [5, 5.41) is 30.1. The first kappa shape index (κ1) is 53.6. The van der Waals surface area contributed by atoms with Gasteiger partial charge < -0.3 is 14.7 Å². The molecule has 0 unspecified atom stereocenters. The Labute approximate surface area is 427 Å². The molecule has 0 aliphatic heterocycles. The topological polar surface area (TPSA) is 55.3 Å². The lowest BCUT2D eigenvalue weighted by Crippen LogP contribution is -2.50. The number of rotatable bonds is 12. The van der Waals surface area contributed by atoms with Crippen molar-refractivity contribution in [3.63, 3.8) is 0 Å². The minimum Gasteiger partial charge on any atom is -0.860 e. The second kappa shape index (κ2) is 24.5. The third-order valence-corrected chi connectivity index (χ3v) is 21.2. The van der Waals surface area contributed by atoms with Crippen molar-refractivity contribution in [2.45, 2.75) is 24.7 Å². The first-order valence-electron chi connectivity index (χ1n) is 22.5. The van der Waals surface area contributed by atoms with Crippen LogP contribution in [0.4, 0.5) is 26.3 Å². The average Bonchev–Trinajstić information content (AvgIpc) is 3.39. The predicted molar refractivity (Wildman–Crippen MR) is 283 cm³/mol. The molecule has 0 heterocycles. The Morgan fingerprint density at radius 3 is 0.819 bits per heavy atom. The van der Waals surface area contributed by atoms with Crippen LogP contribution < -0.4 is 46.5 Å². The van der Waals surface area contributed by atoms with E-state index in [9.17, 15) is 36.4 Å². The Kier molecular flexibility index (Phi) is 18.2. The summed E-state index contributed by atoms with van der Waals surface area (Å²) in [6.45, 7) is 0. The number of benzene rings is 9. The molecule has 0 N–H and O–H groups in total. The first-order valence-corrected chi connectivity index (χ1v) is 27.2. The van der Waals surface area contributed by atoms with Gasteiger partial charge in [-0.2, -0.15) is 26.3 Å². The minimum atomic E-state index is -5.05. The lowest BCUT2D eigenvalue weighted by Gasteiger charge is -2.28. The van der Waals surface area contributed by atoms with Gasteiger partial charge in [-0.3, -0.25) is 0 Å². The molecule has 14 heteroatoms. The number of hydrogen-bond donors (Lipinski definition) is 0. The summed E-state index contributed by atoms with van der Waals surface area (Å²) in [6.07, 6.45) is -8.29. The van der Waals surface area contributed by atoms with Crippen molar-refractivity contribution >= 4 is 76.9 Å². The molecule has 0 atom stereocenters. The maximum Gasteiger partial charge on any atom is 0.416 e. The maximum atomic E-state index is 12.3. The van der Waals surface area contributed by atoms with Gasteiger partial charge in [0.1, 0.15) is 53.7 Å². The minimum absolute atomic E-state index is 0.141. The number of alkyl halides is 6. The van der Waals surface area contributed by atoms with Gasteiger partial charge in [-0.25, -0.2) is 0 Å². The second-order valence-electron chi connectivity index (χ2n) is 16.3. The Balaban J connectivity index is 0.000000162. The summed E-state index contributed by atoms with van der Waals surface area (Å²) in [5.41, 5.74) is -0.922. The second-order valence-corrected chi connectivity index (χ2v) is 24.1. The zero-order valence-electron chi connectivity index (χ0n) is 38.3. The number of halogens is 8. The monoisotopic (exact) mass is 1050 g/mol. The summed E-state index contributed by atoms with van der Waals surface area (Å²) in [7, 11) is -6.79. The molecule has 0 aliphatic rings. The van der Waals surface area contributed by atoms with Gasteiger partial charge in [0.25, 0.3) is 0 Å². The molecule has 364 valence electrons. The van der Waals surface area contributed by atoms with Crippen LogP contribution >= 0.6 is 37.7 Å². The van der Waals surface area contributed by atoms with E-state index in [2.05, 4.69) is 211 Å². The third-order valence-electron chi connectivity index (χ3n) is 11.7. The normalized spacial score (nSPS) is 11.6. The van der Waals surface area contributed by atoms with Crippen LogP contribution in [0, 0.1) is 0 Å². The quantitative estimate of drug-likeness (QED) is 0.0696. The van der Waals surface area contributed by atoms with Gasteiger partial charge in [-0.05, 0) is 103 Å². The largest absolute Gasteiger partial charge is 0.860 e. The van der Waals surface area contributed by atoms with E-state index < -0.39 is 51.1 Å². The molecule has 0 aromatic heterocycles. The summed E-state index contributed by atoms with van der Waals surface area (Å²) >= 11 is 13.2. The molecular formula is C58H45BCl2F6O3P2. The van der Waals surface area contributed by atoms with Crippen molar-refractivity contribution < 1.29 is 41.0 Å². The van der Waals surface area contributed by atoms with Crippen molar-refractivity contribution in [2.75, 3.05) is 0 Å². The van der Waals surface area contributed by atoms with Gasteiger partial charge in [-0.1, -0.05) is 169 Å². The van der Waals surface area contributed by atoms with Crippen LogP contribution in [0.15, 0.2) is 249 Å². The SMILES string of the molecule is Clc1ccccc1C[P+](c1ccccc1)(c1ccccc1)c1ccccc1.Clc1ccccc1C[P+](c1ccccc1)(c1ccccc1)c1ccccc1.[O-]B([O-])Oc1cc(C(F)(F)F)cc(C(F)(F)F)c1. The molecule has 0 spiro atoms. The molecule has 0 saturated carbocycles. The summed E-state index contributed by atoms with van der Waals surface area (Å²) in [5.74, 6) is -1.08. The molecule has 3 nitrogen and oxygen atoms in total. The van der Waals surface area contributed by atoms with Crippen LogP contribution in [0.1, 0.15) is 22.3 Å². The van der Waals surface area contributed by atoms with Crippen LogP contribution in [0.25, 0.3) is 0 Å². The summed E-state index contributed by atoms with van der Waals surface area (Å²) in [6, 6.07) is 82.1. The van der Waals surface area contributed by atoms with Gasteiger partial charge >= 0.3 is 12.4 Å². The molecule has 0 radical (unpaired) electrons. The fourth-order valence-corrected chi connectivity index (χ4v) is 17.5. The van der Waals surface area contributed by atoms with Crippen LogP contribution in [-0.2, 0) is 24.7 Å². The predicted octanol–water partition coefficient (Wildman–Crippen LogP) is 12.5. The fraction of sp³-hybridized carbons (Fsp3) is 0.0690. The first-order chi connectivity index (χ1) is 34.6. The standard InChI is InChI=1S/2C25H21ClP.C8H3BF6O3/c2*26-25-19-11-10-12-21(25)20-27(22-13-4-1-5-14-22,23-15-6-2-7-16-23)24-17-8-3-9-18-24;10-7(11,12)4-1-5(8(13,14)15)3-6(2-4)18-9(16)17/h2*1-19H,20H2;1-3H/q2*+1;-2. The molecule has 72 heavy (non-hydrogen) atoms. The van der Waals surface area contributed by atoms with E-state index in [0.717, 1.165) is 22.4 Å². The molecule has 0 aliphatic carbocycles. The third kappa shape index (κ3) is 13.2. The highest BCUT2D eigenvalue weighted by molar-refractivity contribution is 7.95. The van der Waals surface area contributed by atoms with Gasteiger partial charge in [0.2, 0.25) is 0 Å². The van der Waals surface area contributed by atoms with Gasteiger partial charge in [0.05, 0.1) is 29.2 Å². The van der Waals surface area contributed by atoms with E-state index in [1.165, 1.54) is 43.0 Å². The van der Waals surface area contributed by atoms with Crippen molar-refractivity contribution in [1.29, 1.82) is 0 Å². The lowest BCUT2D eigenvalue weighted by atomic mass is 10.1. The molecule has 0 fully saturated rings. The van der Waals surface area contributed by atoms with E-state index in [-0.39, 0.29) is 18.2 Å². The van der Waals surface area contributed by atoms with Crippen molar-refractivity contribution in [3.05, 3.63) is 281 Å². The van der Waals surface area contributed by atoms with E-state index in [4.69, 9.17) is 23.2 Å². The van der Waals surface area contributed by atoms with E-state index in [1.807, 2.05) is 24.3 Å². The van der Waals surface area contributed by atoms with Crippen LogP contribution in [0.3, 0.4) is 0 Å². The summed E-state index contributed by atoms with van der Waals surface area (Å²) in [4.78, 5) is 0. The molecule has 0 bridgehead atoms. The Hall–Kier alpha value is -6.22. The van der Waals surface area contributed by atoms with Crippen LogP contribution in [-0.4, -0.2) is 7.32 Å². The van der Waals surface area contributed by atoms with Crippen molar-refractivity contribution in [3.8, 4) is 5.75 Å². The summed E-state index contributed by atoms with van der Waals surface area (Å²) < 4.78 is 77.5. The molecular weight excluding hydrogens is 1000 g/mol. The lowest BCUT2D eigenvalue weighted by molar-refractivity contribution is -0.372. The highest BCUT2D eigenvalue weighted by atomic mass is 35.5. The molecule has 0 amide bonds. The zero-order chi connectivity index (χ0) is 51.2. The molecule has 9 aromatic carbocycles. The van der Waals surface area contributed by atoms with Crippen LogP contribution in [0.2, 0.25) is 10.0 Å². The van der Waals surface area contributed by atoms with E-state index in [1.54, 1.807) is 0 Å². The highest BCUT2D eigenvalue weighted by Crippen LogP contribution is 2.60. The fourth-order valence-electron chi connectivity index (χ4n) is 8.41. The highest BCUT2D eigenvalue weighted by Gasteiger charge is 2.47. The van der Waals surface area contributed by atoms with E-state index in [0.29, 0.717) is 0 Å². The van der Waals surface area contributed by atoms with Gasteiger partial charge in [0.15, 0.2) is 0 Å². The maximum absolute atomic E-state index is 12.3. The van der Waals surface area contributed by atoms with Crippen LogP contribution in [0.5, 0.6) is 5.75 Å². The van der Waals surface area contributed by atoms with Gasteiger partial charge in [0, 0.05) is 21.2 Å². The number of hydrogen-bond acceptors (Lipinski definition) is 3. The molecule has 9 aromatic rings. The van der Waals surface area contributed by atoms with Crippen molar-refractivity contribution in [2.24, 2.45) is 0 Å². The smallest absolute Gasteiger partial charge is 0.416 e. The Morgan fingerprint density at radius 2 is 0.597 bits per heavy atom. The van der Waals surface area contributed by atoms with E-state index >= 15 is 0 Å². The Morgan fingerprint density at radius 1 is 0.361 bits per heavy atom. The zero-order valence-corrected chi connectivity index (χ0v) is 41.6. The average molecular weight is 1050 g/mol. The molecule has 9 rings (SSSR count). The van der Waals surface area contributed by atoms with Crippen molar-refractivity contribution in [1.82, 2.24) is 0 Å².